The Morgan fingerprint density at radius 2 is 1.76 bits per heavy atom. The van der Waals surface area contributed by atoms with Gasteiger partial charge in [0.2, 0.25) is 0 Å². The minimum absolute atomic E-state index is 0.0910. The fourth-order valence-electron chi connectivity index (χ4n) is 2.20. The standard InChI is InChI=1S/C16H19BF4O3S/c1-14(2)15(3,4)24-17(23-14)11(9-25)7-10-5-6-12(8-13(10)18)22-16(19,20)21/h5-8,25H,9H2,1-4H3. The van der Waals surface area contributed by atoms with Crippen molar-refractivity contribution in [2.24, 2.45) is 0 Å². The van der Waals surface area contributed by atoms with Gasteiger partial charge in [-0.1, -0.05) is 6.08 Å². The number of rotatable bonds is 4. The van der Waals surface area contributed by atoms with Crippen LogP contribution in [0.1, 0.15) is 33.3 Å². The summed E-state index contributed by atoms with van der Waals surface area (Å²) in [6.07, 6.45) is -3.41. The number of benzene rings is 1. The first-order chi connectivity index (χ1) is 11.3. The Hall–Kier alpha value is -1.19. The molecule has 0 aromatic heterocycles. The first-order valence-electron chi connectivity index (χ1n) is 7.57. The maximum Gasteiger partial charge on any atom is 0.573 e. The molecular formula is C16H19BF4O3S. The smallest absolute Gasteiger partial charge is 0.406 e. The van der Waals surface area contributed by atoms with Crippen LogP contribution in [-0.4, -0.2) is 30.4 Å². The molecule has 0 amide bonds. The summed E-state index contributed by atoms with van der Waals surface area (Å²) >= 11 is 4.22. The third kappa shape index (κ3) is 4.71. The Balaban J connectivity index is 2.26. The third-order valence-electron chi connectivity index (χ3n) is 4.28. The van der Waals surface area contributed by atoms with E-state index in [0.717, 1.165) is 6.07 Å². The second-order valence-electron chi connectivity index (χ2n) is 6.70. The van der Waals surface area contributed by atoms with Gasteiger partial charge in [0.1, 0.15) is 11.6 Å². The van der Waals surface area contributed by atoms with Crippen molar-refractivity contribution < 1.29 is 31.6 Å². The number of ether oxygens (including phenoxy) is 1. The molecule has 0 atom stereocenters. The minimum atomic E-state index is -4.87. The Bertz CT molecular complexity index is 658. The summed E-state index contributed by atoms with van der Waals surface area (Å²) < 4.78 is 66.1. The molecule has 2 rings (SSSR count). The number of hydrogen-bond donors (Lipinski definition) is 1. The maximum atomic E-state index is 14.1. The van der Waals surface area contributed by atoms with E-state index >= 15 is 0 Å². The highest BCUT2D eigenvalue weighted by Crippen LogP contribution is 2.39. The Morgan fingerprint density at radius 3 is 2.20 bits per heavy atom. The fourth-order valence-corrected chi connectivity index (χ4v) is 2.44. The average molecular weight is 378 g/mol. The molecule has 0 N–H and O–H groups in total. The van der Waals surface area contributed by atoms with Crippen LogP contribution < -0.4 is 4.74 Å². The Morgan fingerprint density at radius 1 is 1.20 bits per heavy atom. The van der Waals surface area contributed by atoms with Gasteiger partial charge in [0.05, 0.1) is 11.2 Å². The lowest BCUT2D eigenvalue weighted by Gasteiger charge is -2.32. The van der Waals surface area contributed by atoms with Gasteiger partial charge in [0.15, 0.2) is 0 Å². The predicted molar refractivity (Wildman–Crippen MR) is 91.0 cm³/mol. The van der Waals surface area contributed by atoms with Crippen LogP contribution in [0, 0.1) is 5.82 Å². The van der Waals surface area contributed by atoms with Crippen molar-refractivity contribution in [1.82, 2.24) is 0 Å². The predicted octanol–water partition coefficient (Wildman–Crippen LogP) is 4.67. The van der Waals surface area contributed by atoms with E-state index in [2.05, 4.69) is 17.4 Å². The van der Waals surface area contributed by atoms with Crippen LogP contribution in [0.3, 0.4) is 0 Å². The first kappa shape index (κ1) is 20.1. The molecule has 3 nitrogen and oxygen atoms in total. The highest BCUT2D eigenvalue weighted by atomic mass is 32.1. The molecule has 138 valence electrons. The van der Waals surface area contributed by atoms with E-state index in [0.29, 0.717) is 11.5 Å². The van der Waals surface area contributed by atoms with Gasteiger partial charge in [-0.25, -0.2) is 4.39 Å². The Kier molecular flexibility index (Phi) is 5.52. The summed E-state index contributed by atoms with van der Waals surface area (Å²) in [5.74, 6) is -1.24. The van der Waals surface area contributed by atoms with Gasteiger partial charge in [0.25, 0.3) is 0 Å². The second kappa shape index (κ2) is 6.85. The van der Waals surface area contributed by atoms with E-state index in [1.807, 2.05) is 27.7 Å². The van der Waals surface area contributed by atoms with E-state index in [9.17, 15) is 17.6 Å². The summed E-state index contributed by atoms with van der Waals surface area (Å²) in [6.45, 7) is 7.53. The molecular weight excluding hydrogens is 359 g/mol. The van der Waals surface area contributed by atoms with Crippen LogP contribution in [0.5, 0.6) is 5.75 Å². The second-order valence-corrected chi connectivity index (χ2v) is 7.01. The molecule has 9 heteroatoms. The number of halogens is 4. The van der Waals surface area contributed by atoms with Crippen LogP contribution in [0.25, 0.3) is 6.08 Å². The van der Waals surface area contributed by atoms with Gasteiger partial charge in [-0.3, -0.25) is 0 Å². The van der Waals surface area contributed by atoms with Crippen LogP contribution in [-0.2, 0) is 9.31 Å². The highest BCUT2D eigenvalue weighted by Gasteiger charge is 2.52. The van der Waals surface area contributed by atoms with Crippen LogP contribution in [0.2, 0.25) is 0 Å². The lowest BCUT2D eigenvalue weighted by Crippen LogP contribution is -2.41. The van der Waals surface area contributed by atoms with Crippen LogP contribution in [0.4, 0.5) is 17.6 Å². The molecule has 0 saturated carbocycles. The summed E-state index contributed by atoms with van der Waals surface area (Å²) in [4.78, 5) is 0. The van der Waals surface area contributed by atoms with E-state index in [4.69, 9.17) is 9.31 Å². The third-order valence-corrected chi connectivity index (χ3v) is 4.65. The van der Waals surface area contributed by atoms with E-state index in [-0.39, 0.29) is 11.3 Å². The van der Waals surface area contributed by atoms with Gasteiger partial charge in [-0.05, 0) is 45.3 Å². The maximum absolute atomic E-state index is 14.1. The molecule has 1 aliphatic heterocycles. The molecule has 1 aliphatic rings. The molecule has 1 fully saturated rings. The molecule has 25 heavy (non-hydrogen) atoms. The number of hydrogen-bond acceptors (Lipinski definition) is 4. The van der Waals surface area contributed by atoms with E-state index in [1.165, 1.54) is 12.1 Å². The van der Waals surface area contributed by atoms with Crippen molar-refractivity contribution in [3.8, 4) is 5.75 Å². The van der Waals surface area contributed by atoms with Gasteiger partial charge in [0, 0.05) is 17.4 Å². The van der Waals surface area contributed by atoms with Crippen molar-refractivity contribution in [1.29, 1.82) is 0 Å². The van der Waals surface area contributed by atoms with Crippen molar-refractivity contribution in [2.75, 3.05) is 5.75 Å². The average Bonchev–Trinajstić information content (AvgIpc) is 2.64. The Labute approximate surface area is 149 Å². The number of alkyl halides is 3. The molecule has 0 aliphatic carbocycles. The largest absolute Gasteiger partial charge is 0.573 e. The molecule has 1 saturated heterocycles. The van der Waals surface area contributed by atoms with Crippen molar-refractivity contribution in [2.45, 2.75) is 45.3 Å². The molecule has 1 heterocycles. The van der Waals surface area contributed by atoms with Gasteiger partial charge in [-0.2, -0.15) is 12.6 Å². The monoisotopic (exact) mass is 378 g/mol. The molecule has 1 aromatic rings. The summed E-state index contributed by atoms with van der Waals surface area (Å²) in [5.41, 5.74) is -0.482. The zero-order valence-corrected chi connectivity index (χ0v) is 15.2. The van der Waals surface area contributed by atoms with Gasteiger partial charge < -0.3 is 14.0 Å². The summed E-state index contributed by atoms with van der Waals surface area (Å²) in [5, 5.41) is 0. The zero-order chi connectivity index (χ0) is 19.0. The van der Waals surface area contributed by atoms with Crippen molar-refractivity contribution in [3.63, 3.8) is 0 Å². The quantitative estimate of drug-likeness (QED) is 0.469. The van der Waals surface area contributed by atoms with Gasteiger partial charge in [-0.15, -0.1) is 13.2 Å². The molecule has 0 bridgehead atoms. The fraction of sp³-hybridized carbons (Fsp3) is 0.500. The molecule has 0 unspecified atom stereocenters. The normalized spacial score (nSPS) is 20.0. The van der Waals surface area contributed by atoms with Crippen LogP contribution in [0.15, 0.2) is 23.7 Å². The van der Waals surface area contributed by atoms with Crippen molar-refractivity contribution in [3.05, 3.63) is 35.1 Å². The van der Waals surface area contributed by atoms with Crippen molar-refractivity contribution >= 4 is 25.8 Å². The molecule has 0 radical (unpaired) electrons. The lowest BCUT2D eigenvalue weighted by atomic mass is 9.78. The lowest BCUT2D eigenvalue weighted by molar-refractivity contribution is -0.274. The molecule has 0 spiro atoms. The SMILES string of the molecule is CC1(C)OB(C(=Cc2ccc(OC(F)(F)F)cc2F)CS)OC1(C)C. The summed E-state index contributed by atoms with van der Waals surface area (Å²) in [6, 6.07) is 2.92. The van der Waals surface area contributed by atoms with Gasteiger partial charge >= 0.3 is 13.5 Å². The minimum Gasteiger partial charge on any atom is -0.406 e. The summed E-state index contributed by atoms with van der Waals surface area (Å²) in [7, 11) is -0.715. The first-order valence-corrected chi connectivity index (χ1v) is 8.20. The topological polar surface area (TPSA) is 27.7 Å². The highest BCUT2D eigenvalue weighted by molar-refractivity contribution is 7.80. The molecule has 1 aromatic carbocycles. The van der Waals surface area contributed by atoms with E-state index < -0.39 is 36.2 Å². The van der Waals surface area contributed by atoms with E-state index in [1.54, 1.807) is 0 Å². The number of thiol groups is 1. The van der Waals surface area contributed by atoms with Crippen LogP contribution >= 0.6 is 12.6 Å². The zero-order valence-electron chi connectivity index (χ0n) is 14.3.